The molecule has 0 aliphatic rings. The average Bonchev–Trinajstić information content (AvgIpc) is 2.79. The van der Waals surface area contributed by atoms with Crippen LogP contribution >= 0.6 is 0 Å². The summed E-state index contributed by atoms with van der Waals surface area (Å²) in [6.07, 6.45) is 1.69. The summed E-state index contributed by atoms with van der Waals surface area (Å²) >= 11 is 0. The molecule has 0 unspecified atom stereocenters. The summed E-state index contributed by atoms with van der Waals surface area (Å²) in [6, 6.07) is 7.96. The lowest BCUT2D eigenvalue weighted by Gasteiger charge is -2.11. The Morgan fingerprint density at radius 3 is 2.42 bits per heavy atom. The van der Waals surface area contributed by atoms with Crippen LogP contribution in [0.3, 0.4) is 0 Å². The Morgan fingerprint density at radius 2 is 1.81 bits per heavy atom. The molecule has 0 fully saturated rings. The van der Waals surface area contributed by atoms with Gasteiger partial charge in [-0.1, -0.05) is 19.9 Å². The highest BCUT2D eigenvalue weighted by atomic mass is 16.5. The Balaban J connectivity index is 1.91. The van der Waals surface area contributed by atoms with Crippen LogP contribution in [0.15, 0.2) is 29.4 Å². The minimum atomic E-state index is -0.281. The number of ether oxygens (including phenoxy) is 1. The van der Waals surface area contributed by atoms with E-state index in [-0.39, 0.29) is 12.5 Å². The first-order chi connectivity index (χ1) is 12.3. The van der Waals surface area contributed by atoms with Gasteiger partial charge >= 0.3 is 0 Å². The van der Waals surface area contributed by atoms with Gasteiger partial charge in [0.15, 0.2) is 6.61 Å². The summed E-state index contributed by atoms with van der Waals surface area (Å²) in [6.45, 7) is 13.5. The Hall–Kier alpha value is -2.56. The predicted molar refractivity (Wildman–Crippen MR) is 106 cm³/mol. The molecule has 1 aromatic heterocycles. The van der Waals surface area contributed by atoms with Gasteiger partial charge in [0.25, 0.3) is 5.91 Å². The third-order valence-corrected chi connectivity index (χ3v) is 4.12. The fourth-order valence-corrected chi connectivity index (χ4v) is 2.98. The number of carbonyl (C=O) groups excluding carboxylic acids is 1. The summed E-state index contributed by atoms with van der Waals surface area (Å²) in [5, 5.41) is 4.07. The van der Waals surface area contributed by atoms with Gasteiger partial charge in [0.05, 0.1) is 6.21 Å². The second-order valence-corrected chi connectivity index (χ2v) is 7.24. The fraction of sp³-hybridized carbons (Fsp3) is 0.429. The van der Waals surface area contributed by atoms with Crippen molar-refractivity contribution in [3.8, 4) is 5.75 Å². The van der Waals surface area contributed by atoms with E-state index >= 15 is 0 Å². The molecule has 5 nitrogen and oxygen atoms in total. The van der Waals surface area contributed by atoms with Gasteiger partial charge < -0.3 is 9.30 Å². The molecule has 0 saturated carbocycles. The first-order valence-corrected chi connectivity index (χ1v) is 8.96. The number of aromatic nitrogens is 1. The summed E-state index contributed by atoms with van der Waals surface area (Å²) in [5.41, 5.74) is 8.10. The van der Waals surface area contributed by atoms with Crippen LogP contribution < -0.4 is 10.2 Å². The van der Waals surface area contributed by atoms with E-state index in [0.717, 1.165) is 28.9 Å². The molecular formula is C21H29N3O2. The first-order valence-electron chi connectivity index (χ1n) is 8.96. The minimum Gasteiger partial charge on any atom is -0.484 e. The zero-order valence-corrected chi connectivity index (χ0v) is 16.6. The minimum absolute atomic E-state index is 0.0629. The number of benzene rings is 1. The highest BCUT2D eigenvalue weighted by molar-refractivity contribution is 5.84. The van der Waals surface area contributed by atoms with Crippen LogP contribution in [0.1, 0.15) is 41.9 Å². The fourth-order valence-electron chi connectivity index (χ4n) is 2.98. The topological polar surface area (TPSA) is 55.6 Å². The number of nitrogens with one attached hydrogen (secondary N) is 1. The maximum atomic E-state index is 11.9. The molecule has 26 heavy (non-hydrogen) atoms. The van der Waals surface area contributed by atoms with Crippen LogP contribution in [-0.4, -0.2) is 23.3 Å². The first kappa shape index (κ1) is 19.8. The molecule has 1 aromatic carbocycles. The highest BCUT2D eigenvalue weighted by Crippen LogP contribution is 2.16. The lowest BCUT2D eigenvalue weighted by atomic mass is 10.1. The van der Waals surface area contributed by atoms with Gasteiger partial charge in [0, 0.05) is 23.5 Å². The molecule has 2 rings (SSSR count). The second-order valence-electron chi connectivity index (χ2n) is 7.24. The molecular weight excluding hydrogens is 326 g/mol. The van der Waals surface area contributed by atoms with Crippen LogP contribution in [0.5, 0.6) is 5.75 Å². The molecule has 5 heteroatoms. The van der Waals surface area contributed by atoms with Crippen molar-refractivity contribution in [3.05, 3.63) is 52.3 Å². The lowest BCUT2D eigenvalue weighted by Crippen LogP contribution is -2.24. The van der Waals surface area contributed by atoms with Crippen molar-refractivity contribution in [1.82, 2.24) is 9.99 Å². The molecule has 140 valence electrons. The molecule has 0 saturated heterocycles. The number of rotatable bonds is 7. The quantitative estimate of drug-likeness (QED) is 0.605. The van der Waals surface area contributed by atoms with Gasteiger partial charge in [-0.15, -0.1) is 0 Å². The third kappa shape index (κ3) is 5.48. The van der Waals surface area contributed by atoms with Crippen molar-refractivity contribution in [2.45, 2.75) is 48.1 Å². The summed E-state index contributed by atoms with van der Waals surface area (Å²) in [4.78, 5) is 11.9. The standard InChI is InChI=1S/C21H29N3O2/c1-14(2)12-24-17(5)10-19(18(24)6)11-22-23-21(25)13-26-20-8-15(3)7-16(4)9-20/h7-11,14H,12-13H2,1-6H3,(H,23,25). The zero-order valence-electron chi connectivity index (χ0n) is 16.6. The number of nitrogens with zero attached hydrogens (tertiary/aromatic N) is 2. The summed E-state index contributed by atoms with van der Waals surface area (Å²) in [5.74, 6) is 0.988. The Bertz CT molecular complexity index is 784. The maximum absolute atomic E-state index is 11.9. The van der Waals surface area contributed by atoms with Gasteiger partial charge in [0.1, 0.15) is 5.75 Å². The van der Waals surface area contributed by atoms with Gasteiger partial charge in [-0.2, -0.15) is 5.10 Å². The van der Waals surface area contributed by atoms with Crippen LogP contribution in [-0.2, 0) is 11.3 Å². The smallest absolute Gasteiger partial charge is 0.277 e. The number of aryl methyl sites for hydroxylation is 3. The molecule has 0 aliphatic carbocycles. The molecule has 2 aromatic rings. The maximum Gasteiger partial charge on any atom is 0.277 e. The molecule has 0 spiro atoms. The molecule has 1 heterocycles. The van der Waals surface area contributed by atoms with E-state index in [9.17, 15) is 4.79 Å². The van der Waals surface area contributed by atoms with E-state index in [1.807, 2.05) is 26.0 Å². The number of hydrogen-bond donors (Lipinski definition) is 1. The van der Waals surface area contributed by atoms with Gasteiger partial charge in [-0.25, -0.2) is 5.43 Å². The molecule has 0 aliphatic heterocycles. The Labute approximate surface area is 156 Å². The van der Waals surface area contributed by atoms with Crippen molar-refractivity contribution in [3.63, 3.8) is 0 Å². The second kappa shape index (κ2) is 8.70. The molecule has 0 atom stereocenters. The van der Waals surface area contributed by atoms with E-state index in [2.05, 4.69) is 54.9 Å². The lowest BCUT2D eigenvalue weighted by molar-refractivity contribution is -0.123. The van der Waals surface area contributed by atoms with Crippen LogP contribution in [0, 0.1) is 33.6 Å². The Morgan fingerprint density at radius 1 is 1.15 bits per heavy atom. The van der Waals surface area contributed by atoms with Gasteiger partial charge in [-0.3, -0.25) is 4.79 Å². The number of amides is 1. The average molecular weight is 355 g/mol. The van der Waals surface area contributed by atoms with Crippen LogP contribution in [0.2, 0.25) is 0 Å². The molecule has 1 N–H and O–H groups in total. The van der Waals surface area contributed by atoms with E-state index in [1.165, 1.54) is 5.69 Å². The van der Waals surface area contributed by atoms with Crippen molar-refractivity contribution < 1.29 is 9.53 Å². The molecule has 0 radical (unpaired) electrons. The van der Waals surface area contributed by atoms with E-state index in [4.69, 9.17) is 4.74 Å². The van der Waals surface area contributed by atoms with E-state index in [0.29, 0.717) is 11.7 Å². The van der Waals surface area contributed by atoms with Crippen LogP contribution in [0.25, 0.3) is 0 Å². The Kier molecular flexibility index (Phi) is 6.61. The number of carbonyl (C=O) groups is 1. The molecule has 0 bridgehead atoms. The summed E-state index contributed by atoms with van der Waals surface area (Å²) < 4.78 is 7.81. The van der Waals surface area contributed by atoms with Crippen LogP contribution in [0.4, 0.5) is 0 Å². The zero-order chi connectivity index (χ0) is 19.3. The third-order valence-electron chi connectivity index (χ3n) is 4.12. The number of hydrazone groups is 1. The number of hydrogen-bond acceptors (Lipinski definition) is 3. The van der Waals surface area contributed by atoms with E-state index < -0.39 is 0 Å². The predicted octanol–water partition coefficient (Wildman–Crippen LogP) is 3.91. The molecule has 1 amide bonds. The largest absolute Gasteiger partial charge is 0.484 e. The van der Waals surface area contributed by atoms with Crippen molar-refractivity contribution in [1.29, 1.82) is 0 Å². The van der Waals surface area contributed by atoms with Crippen molar-refractivity contribution in [2.75, 3.05) is 6.61 Å². The van der Waals surface area contributed by atoms with Gasteiger partial charge in [-0.05, 0) is 62.9 Å². The summed E-state index contributed by atoms with van der Waals surface area (Å²) in [7, 11) is 0. The van der Waals surface area contributed by atoms with Crippen molar-refractivity contribution in [2.24, 2.45) is 11.0 Å². The van der Waals surface area contributed by atoms with E-state index in [1.54, 1.807) is 6.21 Å². The van der Waals surface area contributed by atoms with Crippen molar-refractivity contribution >= 4 is 12.1 Å². The highest BCUT2D eigenvalue weighted by Gasteiger charge is 2.09. The SMILES string of the molecule is Cc1cc(C)cc(OCC(=O)NN=Cc2cc(C)n(CC(C)C)c2C)c1. The normalized spacial score (nSPS) is 11.3. The monoisotopic (exact) mass is 355 g/mol. The van der Waals surface area contributed by atoms with Gasteiger partial charge in [0.2, 0.25) is 0 Å².